The molecule has 0 radical (unpaired) electrons. The van der Waals surface area contributed by atoms with Crippen LogP contribution in [0.4, 0.5) is 20.2 Å². The standard InChI is InChI=1S/C12H14FNO2.C8H8FNO2.C4H6O/c1-16-12(15)9-3-2-4-10(11(9)13)14-7-8-5-6-8;1-12-8(11)5-3-2-4-6(10)7(5)9;5-3-4-1-2-4/h2-4,8,14H,5-7H2,1H3;2-4H,10H2,1H3;3-4H,1-2H2. The van der Waals surface area contributed by atoms with E-state index in [2.05, 4.69) is 14.8 Å². The molecule has 0 bridgehead atoms. The van der Waals surface area contributed by atoms with E-state index in [4.69, 9.17) is 5.73 Å². The van der Waals surface area contributed by atoms with Crippen LogP contribution in [0.1, 0.15) is 46.4 Å². The van der Waals surface area contributed by atoms with Crippen LogP contribution in [0, 0.1) is 23.5 Å². The van der Waals surface area contributed by atoms with Crippen molar-refractivity contribution in [2.75, 3.05) is 31.8 Å². The summed E-state index contributed by atoms with van der Waals surface area (Å²) in [6, 6.07) is 8.88. The number of ether oxygens (including phenoxy) is 2. The molecular weight excluding hydrogens is 434 g/mol. The number of halogens is 2. The van der Waals surface area contributed by atoms with Crippen molar-refractivity contribution >= 4 is 29.6 Å². The number of benzene rings is 2. The largest absolute Gasteiger partial charge is 0.465 e. The Morgan fingerprint density at radius 3 is 1.97 bits per heavy atom. The highest BCUT2D eigenvalue weighted by atomic mass is 19.1. The molecule has 0 aliphatic heterocycles. The second-order valence-electron chi connectivity index (χ2n) is 7.66. The number of hydrogen-bond acceptors (Lipinski definition) is 7. The third-order valence-electron chi connectivity index (χ3n) is 4.93. The van der Waals surface area contributed by atoms with E-state index in [9.17, 15) is 23.2 Å². The van der Waals surface area contributed by atoms with E-state index in [1.165, 1.54) is 51.3 Å². The fraction of sp³-hybridized carbons (Fsp3) is 0.375. The fourth-order valence-electron chi connectivity index (χ4n) is 2.56. The number of carbonyl (C=O) groups excluding carboxylic acids is 3. The van der Waals surface area contributed by atoms with E-state index >= 15 is 0 Å². The Bertz CT molecular complexity index is 975. The van der Waals surface area contributed by atoms with E-state index in [-0.39, 0.29) is 16.8 Å². The molecule has 2 saturated carbocycles. The maximum atomic E-state index is 13.8. The van der Waals surface area contributed by atoms with Gasteiger partial charge in [-0.1, -0.05) is 12.1 Å². The Labute approximate surface area is 191 Å². The zero-order chi connectivity index (χ0) is 24.4. The van der Waals surface area contributed by atoms with Crippen LogP contribution in [0.3, 0.4) is 0 Å². The molecule has 3 N–H and O–H groups in total. The van der Waals surface area contributed by atoms with Gasteiger partial charge in [0, 0.05) is 12.5 Å². The van der Waals surface area contributed by atoms with Crippen LogP contribution in [0.25, 0.3) is 0 Å². The maximum absolute atomic E-state index is 13.8. The van der Waals surface area contributed by atoms with Crippen molar-refractivity contribution < 1.29 is 32.6 Å². The number of methoxy groups -OCH3 is 2. The van der Waals surface area contributed by atoms with E-state index in [0.29, 0.717) is 17.5 Å². The topological polar surface area (TPSA) is 108 Å². The molecule has 2 aromatic rings. The highest BCUT2D eigenvalue weighted by molar-refractivity contribution is 5.91. The van der Waals surface area contributed by atoms with Gasteiger partial charge in [-0.05, 0) is 55.9 Å². The van der Waals surface area contributed by atoms with Gasteiger partial charge in [-0.2, -0.15) is 0 Å². The predicted molar refractivity (Wildman–Crippen MR) is 120 cm³/mol. The van der Waals surface area contributed by atoms with Crippen LogP contribution in [-0.2, 0) is 14.3 Å². The third kappa shape index (κ3) is 8.17. The minimum absolute atomic E-state index is 0.0247. The van der Waals surface area contributed by atoms with Gasteiger partial charge in [0.05, 0.1) is 36.7 Å². The molecular formula is C24H28F2N2O5. The number of carbonyl (C=O) groups is 3. The van der Waals surface area contributed by atoms with Gasteiger partial charge in [0.2, 0.25) is 0 Å². The molecule has 33 heavy (non-hydrogen) atoms. The Balaban J connectivity index is 0.000000198. The van der Waals surface area contributed by atoms with Crippen molar-refractivity contribution in [1.82, 2.24) is 0 Å². The molecule has 0 aromatic heterocycles. The first-order valence-corrected chi connectivity index (χ1v) is 10.5. The average molecular weight is 462 g/mol. The summed E-state index contributed by atoms with van der Waals surface area (Å²) in [7, 11) is 2.43. The molecule has 4 rings (SSSR count). The van der Waals surface area contributed by atoms with Crippen molar-refractivity contribution in [3.63, 3.8) is 0 Å². The van der Waals surface area contributed by atoms with Gasteiger partial charge in [-0.15, -0.1) is 0 Å². The van der Waals surface area contributed by atoms with Gasteiger partial charge in [0.25, 0.3) is 0 Å². The quantitative estimate of drug-likeness (QED) is 0.376. The van der Waals surface area contributed by atoms with Crippen LogP contribution < -0.4 is 11.1 Å². The Morgan fingerprint density at radius 1 is 0.970 bits per heavy atom. The van der Waals surface area contributed by atoms with E-state index in [1.54, 1.807) is 12.1 Å². The first kappa shape index (κ1) is 25.8. The van der Waals surface area contributed by atoms with Gasteiger partial charge >= 0.3 is 11.9 Å². The summed E-state index contributed by atoms with van der Waals surface area (Å²) in [5.74, 6) is -1.53. The summed E-state index contributed by atoms with van der Waals surface area (Å²) in [5, 5.41) is 3.01. The molecule has 7 nitrogen and oxygen atoms in total. The minimum Gasteiger partial charge on any atom is -0.465 e. The number of nitrogens with two attached hydrogens (primary N) is 1. The molecule has 0 unspecified atom stereocenters. The summed E-state index contributed by atoms with van der Waals surface area (Å²) >= 11 is 0. The predicted octanol–water partition coefficient (Wildman–Crippen LogP) is 4.22. The lowest BCUT2D eigenvalue weighted by Gasteiger charge is -2.08. The highest BCUT2D eigenvalue weighted by Gasteiger charge is 2.22. The molecule has 0 amide bonds. The zero-order valence-corrected chi connectivity index (χ0v) is 18.6. The molecule has 9 heteroatoms. The number of nitrogens with one attached hydrogen (secondary N) is 1. The Morgan fingerprint density at radius 2 is 1.52 bits per heavy atom. The molecule has 2 aromatic carbocycles. The van der Waals surface area contributed by atoms with Crippen LogP contribution >= 0.6 is 0 Å². The molecule has 2 aliphatic carbocycles. The number of hydrogen-bond donors (Lipinski definition) is 2. The Hall–Kier alpha value is -3.49. The zero-order valence-electron chi connectivity index (χ0n) is 18.6. The van der Waals surface area contributed by atoms with E-state index in [1.807, 2.05) is 0 Å². The SMILES string of the molecule is COC(=O)c1cccc(N)c1F.COC(=O)c1cccc(NCC2CC2)c1F.O=CC1CC1. The maximum Gasteiger partial charge on any atom is 0.340 e. The van der Waals surface area contributed by atoms with Crippen molar-refractivity contribution in [3.8, 4) is 0 Å². The number of esters is 2. The lowest BCUT2D eigenvalue weighted by molar-refractivity contribution is -0.108. The van der Waals surface area contributed by atoms with Crippen LogP contribution in [-0.4, -0.2) is 39.0 Å². The monoisotopic (exact) mass is 462 g/mol. The van der Waals surface area contributed by atoms with Gasteiger partial charge in [-0.3, -0.25) is 0 Å². The van der Waals surface area contributed by atoms with Gasteiger partial charge < -0.3 is 25.3 Å². The summed E-state index contributed by atoms with van der Waals surface area (Å²) in [6.45, 7) is 0.765. The van der Waals surface area contributed by atoms with Gasteiger partial charge in [0.1, 0.15) is 6.29 Å². The van der Waals surface area contributed by atoms with E-state index < -0.39 is 23.6 Å². The van der Waals surface area contributed by atoms with Crippen molar-refractivity contribution in [3.05, 3.63) is 59.2 Å². The van der Waals surface area contributed by atoms with Crippen LogP contribution in [0.2, 0.25) is 0 Å². The smallest absolute Gasteiger partial charge is 0.340 e. The number of anilines is 2. The van der Waals surface area contributed by atoms with Gasteiger partial charge in [-0.25, -0.2) is 18.4 Å². The molecule has 0 heterocycles. The molecule has 178 valence electrons. The summed E-state index contributed by atoms with van der Waals surface area (Å²) in [5.41, 5.74) is 5.38. The highest BCUT2D eigenvalue weighted by Crippen LogP contribution is 2.29. The van der Waals surface area contributed by atoms with Crippen LogP contribution in [0.5, 0.6) is 0 Å². The number of rotatable bonds is 6. The molecule has 0 saturated heterocycles. The second-order valence-corrected chi connectivity index (χ2v) is 7.66. The second kappa shape index (κ2) is 12.5. The molecule has 2 fully saturated rings. The fourth-order valence-corrected chi connectivity index (χ4v) is 2.56. The molecule has 2 aliphatic rings. The van der Waals surface area contributed by atoms with Crippen molar-refractivity contribution in [2.45, 2.75) is 25.7 Å². The number of aldehydes is 1. The van der Waals surface area contributed by atoms with Crippen molar-refractivity contribution in [2.24, 2.45) is 11.8 Å². The van der Waals surface area contributed by atoms with Crippen LogP contribution in [0.15, 0.2) is 36.4 Å². The summed E-state index contributed by atoms with van der Waals surface area (Å²) in [4.78, 5) is 31.7. The first-order valence-electron chi connectivity index (χ1n) is 10.5. The summed E-state index contributed by atoms with van der Waals surface area (Å²) in [6.07, 6.45) is 5.71. The minimum atomic E-state index is -0.732. The molecule has 0 atom stereocenters. The Kier molecular flexibility index (Phi) is 9.78. The normalized spacial score (nSPS) is 13.9. The van der Waals surface area contributed by atoms with E-state index in [0.717, 1.165) is 25.7 Å². The third-order valence-corrected chi connectivity index (χ3v) is 4.93. The lowest BCUT2D eigenvalue weighted by atomic mass is 10.2. The number of nitrogen functional groups attached to an aromatic ring is 1. The summed E-state index contributed by atoms with van der Waals surface area (Å²) < 4.78 is 35.7. The van der Waals surface area contributed by atoms with Crippen molar-refractivity contribution in [1.29, 1.82) is 0 Å². The van der Waals surface area contributed by atoms with Gasteiger partial charge in [0.15, 0.2) is 11.6 Å². The molecule has 0 spiro atoms. The lowest BCUT2D eigenvalue weighted by Crippen LogP contribution is -2.09. The first-order chi connectivity index (χ1) is 15.8. The average Bonchev–Trinajstić information content (AvgIpc) is 3.74.